The van der Waals surface area contributed by atoms with Gasteiger partial charge in [0.25, 0.3) is 0 Å². The van der Waals surface area contributed by atoms with Gasteiger partial charge in [-0.3, -0.25) is 4.79 Å². The molecule has 90 valence electrons. The van der Waals surface area contributed by atoms with Gasteiger partial charge >= 0.3 is 5.97 Å². The van der Waals surface area contributed by atoms with Crippen molar-refractivity contribution in [1.29, 1.82) is 0 Å². The van der Waals surface area contributed by atoms with Gasteiger partial charge in [-0.1, -0.05) is 43.9 Å². The molecule has 1 aromatic rings. The minimum Gasteiger partial charge on any atom is -0.449 e. The average Bonchev–Trinajstić information content (AvgIpc) is 2.34. The standard InChI is InChI=1S/C15H18O2/c1-4-12(2)15(17-13(3)16)11-10-14-8-6-5-7-9-14/h5-9,12,15H,4H2,1-3H3. The molecule has 0 saturated carbocycles. The Morgan fingerprint density at radius 2 is 2.00 bits per heavy atom. The summed E-state index contributed by atoms with van der Waals surface area (Å²) in [4.78, 5) is 11.0. The zero-order chi connectivity index (χ0) is 12.7. The molecule has 0 radical (unpaired) electrons. The molecular weight excluding hydrogens is 212 g/mol. The highest BCUT2D eigenvalue weighted by Gasteiger charge is 2.15. The van der Waals surface area contributed by atoms with Gasteiger partial charge < -0.3 is 4.74 Å². The third-order valence-corrected chi connectivity index (χ3v) is 2.59. The van der Waals surface area contributed by atoms with Crippen LogP contribution in [-0.2, 0) is 9.53 Å². The van der Waals surface area contributed by atoms with Crippen LogP contribution in [0.4, 0.5) is 0 Å². The van der Waals surface area contributed by atoms with E-state index in [1.807, 2.05) is 37.3 Å². The number of hydrogen-bond acceptors (Lipinski definition) is 2. The van der Waals surface area contributed by atoms with Gasteiger partial charge in [0.15, 0.2) is 6.10 Å². The second kappa shape index (κ2) is 6.75. The molecule has 0 aliphatic heterocycles. The lowest BCUT2D eigenvalue weighted by Crippen LogP contribution is -2.22. The third kappa shape index (κ3) is 4.74. The number of carbonyl (C=O) groups excluding carboxylic acids is 1. The number of ether oxygens (including phenoxy) is 1. The Hall–Kier alpha value is -1.75. The quantitative estimate of drug-likeness (QED) is 0.589. The number of hydrogen-bond donors (Lipinski definition) is 0. The lowest BCUT2D eigenvalue weighted by Gasteiger charge is -2.16. The van der Waals surface area contributed by atoms with Gasteiger partial charge in [0.2, 0.25) is 0 Å². The largest absolute Gasteiger partial charge is 0.449 e. The minimum atomic E-state index is -0.322. The van der Waals surface area contributed by atoms with E-state index in [0.717, 1.165) is 12.0 Å². The molecule has 2 unspecified atom stereocenters. The Balaban J connectivity index is 2.79. The molecule has 0 spiro atoms. The zero-order valence-electron chi connectivity index (χ0n) is 10.6. The minimum absolute atomic E-state index is 0.245. The van der Waals surface area contributed by atoms with Gasteiger partial charge in [-0.15, -0.1) is 0 Å². The number of esters is 1. The van der Waals surface area contributed by atoms with E-state index in [9.17, 15) is 4.79 Å². The summed E-state index contributed by atoms with van der Waals surface area (Å²) < 4.78 is 5.21. The highest BCUT2D eigenvalue weighted by Crippen LogP contribution is 2.11. The Bertz CT molecular complexity index is 412. The summed E-state index contributed by atoms with van der Waals surface area (Å²) in [5.74, 6) is 6.03. The first-order valence-corrected chi connectivity index (χ1v) is 5.87. The Morgan fingerprint density at radius 3 is 2.53 bits per heavy atom. The fraction of sp³-hybridized carbons (Fsp3) is 0.400. The molecule has 0 bridgehead atoms. The van der Waals surface area contributed by atoms with E-state index in [1.165, 1.54) is 6.92 Å². The lowest BCUT2D eigenvalue weighted by molar-refractivity contribution is -0.145. The van der Waals surface area contributed by atoms with Gasteiger partial charge in [0, 0.05) is 18.4 Å². The summed E-state index contributed by atoms with van der Waals surface area (Å²) in [5.41, 5.74) is 0.938. The predicted octanol–water partition coefficient (Wildman–Crippen LogP) is 3.02. The summed E-state index contributed by atoms with van der Waals surface area (Å²) in [7, 11) is 0. The van der Waals surface area contributed by atoms with Gasteiger partial charge in [-0.25, -0.2) is 0 Å². The molecule has 2 nitrogen and oxygen atoms in total. The van der Waals surface area contributed by atoms with Crippen molar-refractivity contribution in [1.82, 2.24) is 0 Å². The molecule has 0 aromatic heterocycles. The summed E-state index contributed by atoms with van der Waals surface area (Å²) in [6.07, 6.45) is 0.610. The van der Waals surface area contributed by atoms with Crippen LogP contribution in [0.25, 0.3) is 0 Å². The van der Waals surface area contributed by atoms with Crippen molar-refractivity contribution in [3.05, 3.63) is 35.9 Å². The van der Waals surface area contributed by atoms with Gasteiger partial charge in [-0.05, 0) is 18.6 Å². The summed E-state index contributed by atoms with van der Waals surface area (Å²) >= 11 is 0. The first-order chi connectivity index (χ1) is 8.13. The van der Waals surface area contributed by atoms with Crippen molar-refractivity contribution < 1.29 is 9.53 Å². The van der Waals surface area contributed by atoms with Crippen LogP contribution < -0.4 is 0 Å². The van der Waals surface area contributed by atoms with Crippen molar-refractivity contribution >= 4 is 5.97 Å². The molecule has 0 fully saturated rings. The molecule has 0 heterocycles. The van der Waals surface area contributed by atoms with Crippen LogP contribution in [0.2, 0.25) is 0 Å². The Kier molecular flexibility index (Phi) is 5.29. The van der Waals surface area contributed by atoms with E-state index in [-0.39, 0.29) is 18.0 Å². The van der Waals surface area contributed by atoms with Crippen LogP contribution in [0.3, 0.4) is 0 Å². The van der Waals surface area contributed by atoms with E-state index in [2.05, 4.69) is 18.8 Å². The molecule has 0 N–H and O–H groups in total. The molecule has 0 aliphatic rings. The highest BCUT2D eigenvalue weighted by molar-refractivity contribution is 5.66. The van der Waals surface area contributed by atoms with Crippen molar-refractivity contribution in [2.75, 3.05) is 0 Å². The van der Waals surface area contributed by atoms with E-state index in [4.69, 9.17) is 4.74 Å². The average molecular weight is 230 g/mol. The number of rotatable bonds is 3. The van der Waals surface area contributed by atoms with Crippen molar-refractivity contribution in [2.45, 2.75) is 33.3 Å². The Labute approximate surface area is 103 Å². The third-order valence-electron chi connectivity index (χ3n) is 2.59. The number of carbonyl (C=O) groups is 1. The molecule has 1 aromatic carbocycles. The van der Waals surface area contributed by atoms with Crippen LogP contribution >= 0.6 is 0 Å². The fourth-order valence-corrected chi connectivity index (χ4v) is 1.36. The van der Waals surface area contributed by atoms with Crippen LogP contribution in [-0.4, -0.2) is 12.1 Å². The van der Waals surface area contributed by atoms with E-state index in [0.29, 0.717) is 0 Å². The maximum absolute atomic E-state index is 11.0. The first-order valence-electron chi connectivity index (χ1n) is 5.87. The second-order valence-electron chi connectivity index (χ2n) is 4.05. The van der Waals surface area contributed by atoms with E-state index in [1.54, 1.807) is 0 Å². The monoisotopic (exact) mass is 230 g/mol. The maximum Gasteiger partial charge on any atom is 0.303 e. The topological polar surface area (TPSA) is 26.3 Å². The molecule has 0 saturated heterocycles. The lowest BCUT2D eigenvalue weighted by atomic mass is 10.0. The number of benzene rings is 1. The van der Waals surface area contributed by atoms with Crippen LogP contribution in [0, 0.1) is 17.8 Å². The maximum atomic E-state index is 11.0. The molecular formula is C15H18O2. The van der Waals surface area contributed by atoms with Gasteiger partial charge in [-0.2, -0.15) is 0 Å². The molecule has 1 rings (SSSR count). The second-order valence-corrected chi connectivity index (χ2v) is 4.05. The highest BCUT2D eigenvalue weighted by atomic mass is 16.5. The van der Waals surface area contributed by atoms with Crippen LogP contribution in [0.1, 0.15) is 32.8 Å². The van der Waals surface area contributed by atoms with Crippen LogP contribution in [0.15, 0.2) is 30.3 Å². The zero-order valence-corrected chi connectivity index (χ0v) is 10.6. The SMILES string of the molecule is CCC(C)C(C#Cc1ccccc1)OC(C)=O. The summed E-state index contributed by atoms with van der Waals surface area (Å²) in [6.45, 7) is 5.51. The molecule has 17 heavy (non-hydrogen) atoms. The normalized spacial score (nSPS) is 13.1. The van der Waals surface area contributed by atoms with Crippen LogP contribution in [0.5, 0.6) is 0 Å². The van der Waals surface area contributed by atoms with Crippen molar-refractivity contribution in [3.8, 4) is 11.8 Å². The smallest absolute Gasteiger partial charge is 0.303 e. The summed E-state index contributed by atoms with van der Waals surface area (Å²) in [5, 5.41) is 0. The van der Waals surface area contributed by atoms with E-state index < -0.39 is 0 Å². The first kappa shape index (κ1) is 13.3. The van der Waals surface area contributed by atoms with E-state index >= 15 is 0 Å². The summed E-state index contributed by atoms with van der Waals surface area (Å²) in [6, 6.07) is 9.70. The molecule has 2 atom stereocenters. The predicted molar refractivity (Wildman–Crippen MR) is 68.3 cm³/mol. The molecule has 0 amide bonds. The fourth-order valence-electron chi connectivity index (χ4n) is 1.36. The Morgan fingerprint density at radius 1 is 1.35 bits per heavy atom. The molecule has 0 aliphatic carbocycles. The van der Waals surface area contributed by atoms with Crippen molar-refractivity contribution in [2.24, 2.45) is 5.92 Å². The molecule has 2 heteroatoms. The van der Waals surface area contributed by atoms with Crippen molar-refractivity contribution in [3.63, 3.8) is 0 Å². The van der Waals surface area contributed by atoms with Gasteiger partial charge in [0.1, 0.15) is 0 Å². The van der Waals surface area contributed by atoms with Gasteiger partial charge in [0.05, 0.1) is 0 Å².